The first-order valence-corrected chi connectivity index (χ1v) is 13.5. The van der Waals surface area contributed by atoms with Gasteiger partial charge in [0.1, 0.15) is 6.04 Å². The maximum Gasteiger partial charge on any atom is 0.352 e. The van der Waals surface area contributed by atoms with E-state index in [1.54, 1.807) is 44.2 Å². The molecule has 2 fully saturated rings. The number of nitrogens with two attached hydrogens (primary N) is 1. The molecule has 210 valence electrons. The van der Waals surface area contributed by atoms with Crippen LogP contribution in [-0.2, 0) is 19.2 Å². The monoisotopic (exact) mass is 575 g/mol. The van der Waals surface area contributed by atoms with Crippen LogP contribution in [0, 0.1) is 5.41 Å². The number of aromatic nitrogens is 2. The molecule has 2 unspecified atom stereocenters. The summed E-state index contributed by atoms with van der Waals surface area (Å²) in [4.78, 5) is 74.8. The van der Waals surface area contributed by atoms with Crippen LogP contribution < -0.4 is 16.4 Å². The van der Waals surface area contributed by atoms with Crippen molar-refractivity contribution in [2.24, 2.45) is 5.73 Å². The largest absolute Gasteiger partial charge is 0.478 e. The third-order valence-electron chi connectivity index (χ3n) is 7.96. The first-order chi connectivity index (χ1) is 19.3. The summed E-state index contributed by atoms with van der Waals surface area (Å²) in [5, 5.41) is 23.7. The predicted molar refractivity (Wildman–Crippen MR) is 147 cm³/mol. The third-order valence-corrected chi connectivity index (χ3v) is 9.50. The maximum atomic E-state index is 14.0. The predicted octanol–water partition coefficient (Wildman–Crippen LogP) is 0.663. The summed E-state index contributed by atoms with van der Waals surface area (Å²) >= 11 is 1.25. The van der Waals surface area contributed by atoms with Gasteiger partial charge in [0.25, 0.3) is 5.91 Å². The Labute approximate surface area is 236 Å². The standard InChI is InChI=1S/C27H25N7O6S/c1-25(2)27(24(39)40,34-15(35)11-16(34)41-25)33-22(37)17(12-7-4-3-5-8-12)32-23(38)26(29)19(28)13-9-6-10-14-18(13)31-21(30-14)20(26)36/h3-10,16-17,28H,11,29H2,1-2H3,(H,30,31)(H,32,38)(H,33,37)(H,39,40)/t16-,17?,26?,27+/m1/s1. The molecule has 3 aliphatic heterocycles. The van der Waals surface area contributed by atoms with Crippen LogP contribution in [0.1, 0.15) is 48.1 Å². The van der Waals surface area contributed by atoms with Crippen LogP contribution in [0.5, 0.6) is 0 Å². The molecule has 2 bridgehead atoms. The van der Waals surface area contributed by atoms with Gasteiger partial charge in [0.05, 0.1) is 33.3 Å². The molecule has 1 aromatic heterocycles. The number of H-pyrrole nitrogens is 1. The van der Waals surface area contributed by atoms with Crippen molar-refractivity contribution in [1.82, 2.24) is 25.5 Å². The molecule has 3 amide bonds. The smallest absolute Gasteiger partial charge is 0.352 e. The molecule has 3 aliphatic rings. The van der Waals surface area contributed by atoms with E-state index in [2.05, 4.69) is 20.6 Å². The Morgan fingerprint density at radius 3 is 2.54 bits per heavy atom. The second-order valence-corrected chi connectivity index (χ2v) is 12.5. The Morgan fingerprint density at radius 2 is 1.88 bits per heavy atom. The number of nitrogens with zero attached hydrogens (tertiary/aromatic N) is 2. The van der Waals surface area contributed by atoms with Crippen molar-refractivity contribution in [2.45, 2.75) is 47.6 Å². The number of carbonyl (C=O) groups is 5. The number of fused-ring (bicyclic) bond motifs is 2. The highest BCUT2D eigenvalue weighted by molar-refractivity contribution is 8.01. The van der Waals surface area contributed by atoms with Crippen LogP contribution in [0.2, 0.25) is 0 Å². The van der Waals surface area contributed by atoms with Gasteiger partial charge < -0.3 is 31.9 Å². The molecular formula is C27H25N7O6S. The van der Waals surface area contributed by atoms with E-state index in [0.717, 1.165) is 4.90 Å². The topological polar surface area (TPSA) is 211 Å². The normalized spacial score (nSPS) is 26.8. The second-order valence-electron chi connectivity index (χ2n) is 10.7. The Balaban J connectivity index is 1.38. The number of Topliss-reactive ketones (excluding diaryl/α,β-unsaturated/α-hetero) is 1. The fraction of sp³-hybridized carbons (Fsp3) is 0.296. The molecule has 0 saturated carbocycles. The minimum Gasteiger partial charge on any atom is -0.478 e. The molecular weight excluding hydrogens is 550 g/mol. The van der Waals surface area contributed by atoms with E-state index in [4.69, 9.17) is 11.1 Å². The zero-order valence-corrected chi connectivity index (χ0v) is 22.7. The van der Waals surface area contributed by atoms with Crippen LogP contribution in [0.25, 0.3) is 11.0 Å². The number of aromatic amines is 1. The van der Waals surface area contributed by atoms with E-state index in [-0.39, 0.29) is 23.4 Å². The average molecular weight is 576 g/mol. The van der Waals surface area contributed by atoms with Crippen molar-refractivity contribution < 1.29 is 29.1 Å². The lowest BCUT2D eigenvalue weighted by Gasteiger charge is -2.46. The highest BCUT2D eigenvalue weighted by atomic mass is 32.2. The number of hydrogen-bond acceptors (Lipinski definition) is 9. The van der Waals surface area contributed by atoms with E-state index < -0.39 is 62.6 Å². The van der Waals surface area contributed by atoms with Gasteiger partial charge in [-0.1, -0.05) is 42.5 Å². The number of aliphatic carboxylic acids is 1. The minimum atomic E-state index is -2.56. The number of amides is 3. The Hall–Kier alpha value is -4.56. The van der Waals surface area contributed by atoms with Gasteiger partial charge in [-0.05, 0) is 25.5 Å². The Bertz CT molecular complexity index is 1700. The van der Waals surface area contributed by atoms with Gasteiger partial charge in [-0.25, -0.2) is 9.78 Å². The number of hydrogen-bond donors (Lipinski definition) is 6. The van der Waals surface area contributed by atoms with Gasteiger partial charge in [-0.15, -0.1) is 11.8 Å². The van der Waals surface area contributed by atoms with Gasteiger partial charge in [-0.2, -0.15) is 0 Å². The molecule has 4 atom stereocenters. The number of para-hydroxylation sites is 1. The van der Waals surface area contributed by atoms with E-state index in [1.165, 1.54) is 30.0 Å². The molecule has 0 radical (unpaired) electrons. The molecule has 3 aromatic rings. The second kappa shape index (κ2) is 8.72. The summed E-state index contributed by atoms with van der Waals surface area (Å²) in [5.74, 6) is -5.16. The molecule has 14 heteroatoms. The Kier molecular flexibility index (Phi) is 5.67. The van der Waals surface area contributed by atoms with Gasteiger partial charge in [0, 0.05) is 5.56 Å². The number of imidazole rings is 1. The molecule has 2 aromatic carbocycles. The van der Waals surface area contributed by atoms with Crippen molar-refractivity contribution in [1.29, 1.82) is 5.41 Å². The number of rotatable bonds is 6. The summed E-state index contributed by atoms with van der Waals surface area (Å²) in [5.41, 5.74) is 2.46. The summed E-state index contributed by atoms with van der Waals surface area (Å²) in [6.45, 7) is 3.23. The maximum absolute atomic E-state index is 14.0. The SMILES string of the molecule is CC1(C)S[C@@H]2CC(=O)N2[C@@]1(NC(=O)C(NC(=O)C1(N)C(=N)c2cccc3[nH]c(nc23)C1=O)c1ccccc1)C(=O)O. The van der Waals surface area contributed by atoms with Gasteiger partial charge in [0.15, 0.2) is 5.82 Å². The summed E-state index contributed by atoms with van der Waals surface area (Å²) in [6, 6.07) is 11.2. The first-order valence-electron chi connectivity index (χ1n) is 12.7. The van der Waals surface area contributed by atoms with Crippen LogP contribution in [0.15, 0.2) is 48.5 Å². The number of carbonyl (C=O) groups excluding carboxylic acids is 4. The molecule has 2 saturated heterocycles. The molecule has 0 aliphatic carbocycles. The third kappa shape index (κ3) is 3.50. The molecule has 7 N–H and O–H groups in total. The highest BCUT2D eigenvalue weighted by Crippen LogP contribution is 2.55. The van der Waals surface area contributed by atoms with E-state index in [0.29, 0.717) is 11.0 Å². The summed E-state index contributed by atoms with van der Waals surface area (Å²) < 4.78 is -1.14. The number of ketones is 1. The van der Waals surface area contributed by atoms with E-state index in [9.17, 15) is 29.1 Å². The lowest BCUT2D eigenvalue weighted by Crippen LogP contribution is -2.75. The molecule has 0 spiro atoms. The number of thioether (sulfide) groups is 1. The van der Waals surface area contributed by atoms with Gasteiger partial charge in [-0.3, -0.25) is 24.1 Å². The number of β-lactam (4-membered cyclic amide) rings is 1. The van der Waals surface area contributed by atoms with Crippen molar-refractivity contribution in [3.05, 3.63) is 65.5 Å². The molecule has 13 nitrogen and oxygen atoms in total. The molecule has 6 rings (SSSR count). The number of nitrogens with one attached hydrogen (secondary N) is 4. The number of carboxylic acid groups (broad SMARTS) is 1. The molecule has 4 heterocycles. The zero-order chi connectivity index (χ0) is 29.5. The summed E-state index contributed by atoms with van der Waals surface area (Å²) in [7, 11) is 0. The lowest BCUT2D eigenvalue weighted by atomic mass is 9.83. The number of benzene rings is 2. The van der Waals surface area contributed by atoms with Crippen molar-refractivity contribution in [2.75, 3.05) is 0 Å². The van der Waals surface area contributed by atoms with E-state index in [1.807, 2.05) is 0 Å². The van der Waals surface area contributed by atoms with Crippen molar-refractivity contribution in [3.63, 3.8) is 0 Å². The highest BCUT2D eigenvalue weighted by Gasteiger charge is 2.70. The number of carboxylic acids is 1. The quantitative estimate of drug-likeness (QED) is 0.180. The van der Waals surface area contributed by atoms with E-state index >= 15 is 0 Å². The van der Waals surface area contributed by atoms with Crippen LogP contribution in [-0.4, -0.2) is 76.5 Å². The summed E-state index contributed by atoms with van der Waals surface area (Å²) in [6.07, 6.45) is 0.138. The van der Waals surface area contributed by atoms with Crippen LogP contribution in [0.4, 0.5) is 0 Å². The minimum absolute atomic E-state index is 0.138. The van der Waals surface area contributed by atoms with Crippen molar-refractivity contribution >= 4 is 58.0 Å². The van der Waals surface area contributed by atoms with Crippen LogP contribution >= 0.6 is 11.8 Å². The van der Waals surface area contributed by atoms with Crippen molar-refractivity contribution in [3.8, 4) is 0 Å². The fourth-order valence-electron chi connectivity index (χ4n) is 5.74. The molecule has 41 heavy (non-hydrogen) atoms. The zero-order valence-electron chi connectivity index (χ0n) is 21.8. The average Bonchev–Trinajstić information content (AvgIpc) is 3.42. The first kappa shape index (κ1) is 26.7. The fourth-order valence-corrected chi connectivity index (χ4v) is 7.43. The van der Waals surface area contributed by atoms with Gasteiger partial charge >= 0.3 is 5.97 Å². The Morgan fingerprint density at radius 1 is 1.17 bits per heavy atom. The lowest BCUT2D eigenvalue weighted by molar-refractivity contribution is -0.173. The van der Waals surface area contributed by atoms with Gasteiger partial charge in [0.2, 0.25) is 28.8 Å². The van der Waals surface area contributed by atoms with Crippen LogP contribution in [0.3, 0.4) is 0 Å².